The third-order valence-corrected chi connectivity index (χ3v) is 4.86. The Balaban J connectivity index is 0.00000480. The van der Waals surface area contributed by atoms with Crippen molar-refractivity contribution in [2.45, 2.75) is 51.4 Å². The first-order valence-corrected chi connectivity index (χ1v) is 10.6. The second-order valence-corrected chi connectivity index (χ2v) is 7.40. The minimum atomic E-state index is 0. The number of hydrogen-bond acceptors (Lipinski definition) is 0. The molecule has 0 saturated carbocycles. The third-order valence-electron chi connectivity index (χ3n) is 4.86. The molecule has 0 fully saturated rings. The molecular weight excluding hydrogens is 424 g/mol. The summed E-state index contributed by atoms with van der Waals surface area (Å²) in [6.45, 7) is 0. The van der Waals surface area contributed by atoms with Gasteiger partial charge in [-0.1, -0.05) is 73.2 Å². The van der Waals surface area contributed by atoms with Gasteiger partial charge in [-0.15, -0.1) is 24.3 Å². The van der Waals surface area contributed by atoms with Crippen LogP contribution in [-0.2, 0) is 21.7 Å². The van der Waals surface area contributed by atoms with Gasteiger partial charge >= 0.3 is 0 Å². The van der Waals surface area contributed by atoms with Crippen molar-refractivity contribution in [1.29, 1.82) is 0 Å². The van der Waals surface area contributed by atoms with Gasteiger partial charge in [-0.25, -0.2) is 0 Å². The number of benzene rings is 2. The van der Waals surface area contributed by atoms with E-state index >= 15 is 0 Å². The van der Waals surface area contributed by atoms with Crippen molar-refractivity contribution in [1.82, 2.24) is 0 Å². The molecule has 5 heteroatoms. The molecule has 4 nitrogen and oxygen atoms in total. The minimum Gasteiger partial charge on any atom is -0.313 e. The van der Waals surface area contributed by atoms with Crippen LogP contribution >= 0.6 is 0 Å². The molecule has 4 N–H and O–H groups in total. The quantitative estimate of drug-likeness (QED) is 0.0922. The summed E-state index contributed by atoms with van der Waals surface area (Å²) in [6, 6.07) is 18.3. The Kier molecular flexibility index (Phi) is 13.2. The van der Waals surface area contributed by atoms with E-state index in [0.717, 1.165) is 38.5 Å². The number of ketones is 4. The summed E-state index contributed by atoms with van der Waals surface area (Å²) in [5.41, 5.74) is 1.38. The summed E-state index contributed by atoms with van der Waals surface area (Å²) in [4.78, 5) is 39.9. The molecule has 0 aromatic heterocycles. The van der Waals surface area contributed by atoms with Gasteiger partial charge in [0.25, 0.3) is 0 Å². The largest absolute Gasteiger partial charge is 0.313 e. The smallest absolute Gasteiger partial charge is 0.250 e. The number of carbonyl (C=O) groups excluding carboxylic acids is 4. The molecule has 0 amide bonds. The molecule has 0 atom stereocenters. The molecule has 0 spiro atoms. The summed E-state index contributed by atoms with van der Waals surface area (Å²) in [5.74, 6) is 0.551. The Morgan fingerprint density at radius 3 is 1.19 bits per heavy atom. The fourth-order valence-electron chi connectivity index (χ4n) is 3.16. The molecule has 0 unspecified atom stereocenters. The molecule has 2 aromatic carbocycles. The first-order chi connectivity index (χ1) is 14.6. The van der Waals surface area contributed by atoms with Gasteiger partial charge in [-0.3, -0.25) is 9.59 Å². The second-order valence-electron chi connectivity index (χ2n) is 7.40. The first-order valence-electron chi connectivity index (χ1n) is 10.6. The molecule has 0 heterocycles. The molecule has 0 saturated heterocycles. The molecule has 31 heavy (non-hydrogen) atoms. The van der Waals surface area contributed by atoms with Gasteiger partial charge in [-0.2, -0.15) is 0 Å². The summed E-state index contributed by atoms with van der Waals surface area (Å²) >= 11 is 0. The number of unbranched alkanes of at least 4 members (excludes halogenated alkanes) is 5. The summed E-state index contributed by atoms with van der Waals surface area (Å²) in [5, 5.41) is 0. The maximum absolute atomic E-state index is 9.99. The van der Waals surface area contributed by atoms with Crippen LogP contribution in [0.4, 0.5) is 0 Å². The topological polar surface area (TPSA) is 85.6 Å². The van der Waals surface area contributed by atoms with Crippen molar-refractivity contribution < 1.29 is 40.9 Å². The fraction of sp³-hybridized carbons (Fsp3) is 0.308. The van der Waals surface area contributed by atoms with Crippen LogP contribution < -0.4 is 0 Å². The zero-order chi connectivity index (χ0) is 21.6. The third kappa shape index (κ3) is 11.0. The van der Waals surface area contributed by atoms with E-state index in [1.807, 2.05) is 36.4 Å². The van der Waals surface area contributed by atoms with Crippen LogP contribution in [0, 0.1) is 12.8 Å². The van der Waals surface area contributed by atoms with E-state index < -0.39 is 0 Å². The normalized spacial score (nSPS) is 9.94. The molecule has 0 aliphatic carbocycles. The van der Waals surface area contributed by atoms with Gasteiger partial charge in [0.15, 0.2) is 0 Å². The molecular formula is C26H32O4Ti+2. The Bertz CT molecular complexity index is 760. The molecule has 0 aliphatic rings. The van der Waals surface area contributed by atoms with Gasteiger partial charge in [0.1, 0.15) is 0 Å². The Hall–Kier alpha value is -2.43. The van der Waals surface area contributed by atoms with E-state index in [9.17, 15) is 19.2 Å². The summed E-state index contributed by atoms with van der Waals surface area (Å²) in [7, 11) is 0. The van der Waals surface area contributed by atoms with Gasteiger partial charge in [-0.05, 0) is 25.7 Å². The maximum atomic E-state index is 9.99. The standard InChI is InChI=1S/C26H28O4.Ti/c27-23(19-25(29)21-13-7-5-8-14-21)17-11-3-1-2-4-12-18-24(28)20-26(30)22-15-9-6-10-16-22;/h5-10,13-16,19-20H,1-4,11-12,17-18H2;/q-2;/p+4. The molecule has 2 aromatic rings. The van der Waals surface area contributed by atoms with Crippen LogP contribution in [0.15, 0.2) is 60.7 Å². The summed E-state index contributed by atoms with van der Waals surface area (Å²) in [6.07, 6.45) is 9.83. The van der Waals surface area contributed by atoms with Gasteiger partial charge in [0.05, 0.1) is 0 Å². The molecule has 162 valence electrons. The Morgan fingerprint density at radius 1 is 0.516 bits per heavy atom. The Labute approximate surface area is 199 Å². The van der Waals surface area contributed by atoms with Crippen LogP contribution in [0.2, 0.25) is 0 Å². The average molecular weight is 456 g/mol. The summed E-state index contributed by atoms with van der Waals surface area (Å²) < 4.78 is 0. The van der Waals surface area contributed by atoms with Crippen molar-refractivity contribution >= 4 is 23.1 Å². The van der Waals surface area contributed by atoms with Crippen LogP contribution in [0.25, 0.3) is 0 Å². The van der Waals surface area contributed by atoms with E-state index in [0.29, 0.717) is 24.0 Å². The molecule has 0 bridgehead atoms. The van der Waals surface area contributed by atoms with E-state index in [2.05, 4.69) is 0 Å². The van der Waals surface area contributed by atoms with Crippen LogP contribution in [0.5, 0.6) is 0 Å². The van der Waals surface area contributed by atoms with Gasteiger partial charge < -0.3 is 9.59 Å². The van der Waals surface area contributed by atoms with Crippen LogP contribution in [0.3, 0.4) is 0 Å². The van der Waals surface area contributed by atoms with Crippen LogP contribution in [-0.4, -0.2) is 42.3 Å². The average Bonchev–Trinajstić information content (AvgIpc) is 2.76. The molecule has 0 radical (unpaired) electrons. The van der Waals surface area contributed by atoms with Gasteiger partial charge in [0, 0.05) is 34.6 Å². The van der Waals surface area contributed by atoms with Gasteiger partial charge in [0.2, 0.25) is 23.1 Å². The zero-order valence-electron chi connectivity index (χ0n) is 17.9. The van der Waals surface area contributed by atoms with Crippen LogP contribution in [0.1, 0.15) is 62.5 Å². The number of rotatable bonds is 15. The predicted octanol–water partition coefficient (Wildman–Crippen LogP) is 4.79. The van der Waals surface area contributed by atoms with E-state index in [1.54, 1.807) is 24.3 Å². The monoisotopic (exact) mass is 456 g/mol. The molecule has 2 rings (SSSR count). The Morgan fingerprint density at radius 2 is 0.839 bits per heavy atom. The van der Waals surface area contributed by atoms with Crippen molar-refractivity contribution in [3.05, 3.63) is 84.6 Å². The first kappa shape index (κ1) is 26.6. The minimum absolute atomic E-state index is 0. The number of hydrogen-bond donors (Lipinski definition) is 0. The van der Waals surface area contributed by atoms with Crippen molar-refractivity contribution in [3.8, 4) is 0 Å². The zero-order valence-corrected chi connectivity index (χ0v) is 19.4. The van der Waals surface area contributed by atoms with Crippen molar-refractivity contribution in [2.75, 3.05) is 0 Å². The van der Waals surface area contributed by atoms with Crippen molar-refractivity contribution in [3.63, 3.8) is 0 Å². The van der Waals surface area contributed by atoms with E-state index in [-0.39, 0.29) is 44.9 Å². The second kappa shape index (κ2) is 15.4. The maximum Gasteiger partial charge on any atom is 0.250 e. The molecule has 0 aliphatic heterocycles. The van der Waals surface area contributed by atoms with E-state index in [4.69, 9.17) is 0 Å². The predicted molar refractivity (Wildman–Crippen MR) is 124 cm³/mol. The fourth-order valence-corrected chi connectivity index (χ4v) is 3.16. The SMILES string of the molecule is [OH+]=C([CH-]C(=[OH+])c1ccccc1)CCCCCCCCC(=[OH+])[CH-]C(=[OH+])c1ccccc1.[Ti]. The van der Waals surface area contributed by atoms with E-state index in [1.165, 1.54) is 12.8 Å². The van der Waals surface area contributed by atoms with Crippen molar-refractivity contribution in [2.24, 2.45) is 0 Å².